The Morgan fingerprint density at radius 3 is 2.54 bits per heavy atom. The highest BCUT2D eigenvalue weighted by atomic mass is 19.4. The van der Waals surface area contributed by atoms with Crippen molar-refractivity contribution in [2.45, 2.75) is 19.1 Å². The molecule has 2 aromatic rings. The van der Waals surface area contributed by atoms with Crippen molar-refractivity contribution in [2.24, 2.45) is 0 Å². The van der Waals surface area contributed by atoms with Crippen LogP contribution >= 0.6 is 0 Å². The molecule has 8 nitrogen and oxygen atoms in total. The molecule has 2 rings (SSSR count). The molecule has 0 unspecified atom stereocenters. The van der Waals surface area contributed by atoms with Gasteiger partial charge in [0, 0.05) is 0 Å². The average molecular weight is 399 g/mol. The number of nitrogens with one attached hydrogen (secondary N) is 3. The summed E-state index contributed by atoms with van der Waals surface area (Å²) >= 11 is 0. The Balaban J connectivity index is 1.76. The Kier molecular flexibility index (Phi) is 6.64. The summed E-state index contributed by atoms with van der Waals surface area (Å²) in [5.74, 6) is -2.30. The molecule has 1 aromatic carbocycles. The number of ether oxygens (including phenoxy) is 1. The number of amides is 3. The minimum absolute atomic E-state index is 0.0122. The minimum atomic E-state index is -4.54. The van der Waals surface area contributed by atoms with Crippen LogP contribution in [0.3, 0.4) is 0 Å². The average Bonchev–Trinajstić information content (AvgIpc) is 3.18. The highest BCUT2D eigenvalue weighted by molar-refractivity contribution is 5.95. The lowest BCUT2D eigenvalue weighted by Gasteiger charge is -2.14. The van der Waals surface area contributed by atoms with E-state index >= 15 is 0 Å². The Labute approximate surface area is 157 Å². The third-order valence-corrected chi connectivity index (χ3v) is 3.34. The van der Waals surface area contributed by atoms with E-state index in [2.05, 4.69) is 10.7 Å². The number of carbonyl (C=O) groups is 3. The van der Waals surface area contributed by atoms with Crippen molar-refractivity contribution in [1.29, 1.82) is 0 Å². The molecule has 1 heterocycles. The lowest BCUT2D eigenvalue weighted by molar-refractivity contribution is -0.137. The van der Waals surface area contributed by atoms with E-state index in [9.17, 15) is 27.6 Å². The second-order valence-electron chi connectivity index (χ2n) is 5.52. The fourth-order valence-electron chi connectivity index (χ4n) is 1.93. The van der Waals surface area contributed by atoms with E-state index in [1.165, 1.54) is 31.4 Å². The van der Waals surface area contributed by atoms with Crippen molar-refractivity contribution in [3.05, 3.63) is 54.0 Å². The van der Waals surface area contributed by atoms with Crippen molar-refractivity contribution in [1.82, 2.24) is 16.2 Å². The van der Waals surface area contributed by atoms with Gasteiger partial charge in [-0.2, -0.15) is 13.2 Å². The van der Waals surface area contributed by atoms with E-state index in [0.29, 0.717) is 0 Å². The maximum Gasteiger partial charge on any atom is 0.416 e. The van der Waals surface area contributed by atoms with E-state index in [1.807, 2.05) is 5.43 Å². The SMILES string of the molecule is C[C@H](NC(=O)c1ccco1)C(=O)NNC(=O)COc1cccc(C(F)(F)F)c1. The number of alkyl halides is 3. The molecule has 28 heavy (non-hydrogen) atoms. The lowest BCUT2D eigenvalue weighted by atomic mass is 10.2. The lowest BCUT2D eigenvalue weighted by Crippen LogP contribution is -2.51. The van der Waals surface area contributed by atoms with Gasteiger partial charge in [-0.1, -0.05) is 6.07 Å². The van der Waals surface area contributed by atoms with Gasteiger partial charge in [-0.25, -0.2) is 0 Å². The third-order valence-electron chi connectivity index (χ3n) is 3.34. The van der Waals surface area contributed by atoms with Crippen LogP contribution in [0.25, 0.3) is 0 Å². The minimum Gasteiger partial charge on any atom is -0.484 e. The largest absolute Gasteiger partial charge is 0.484 e. The van der Waals surface area contributed by atoms with Gasteiger partial charge in [-0.3, -0.25) is 25.2 Å². The molecule has 0 radical (unpaired) electrons. The van der Waals surface area contributed by atoms with Crippen LogP contribution in [0.2, 0.25) is 0 Å². The van der Waals surface area contributed by atoms with Crippen LogP contribution < -0.4 is 20.9 Å². The first-order chi connectivity index (χ1) is 13.2. The van der Waals surface area contributed by atoms with Gasteiger partial charge in [-0.15, -0.1) is 0 Å². The second kappa shape index (κ2) is 8.93. The van der Waals surface area contributed by atoms with Gasteiger partial charge < -0.3 is 14.5 Å². The maximum absolute atomic E-state index is 12.6. The number of hydrogen-bond donors (Lipinski definition) is 3. The van der Waals surface area contributed by atoms with Gasteiger partial charge in [-0.05, 0) is 37.3 Å². The molecule has 0 aliphatic rings. The zero-order valence-electron chi connectivity index (χ0n) is 14.5. The Morgan fingerprint density at radius 2 is 1.89 bits per heavy atom. The molecule has 0 saturated heterocycles. The summed E-state index contributed by atoms with van der Waals surface area (Å²) in [7, 11) is 0. The predicted octanol–water partition coefficient (Wildman–Crippen LogP) is 1.64. The van der Waals surface area contributed by atoms with Crippen LogP contribution in [0.1, 0.15) is 23.0 Å². The number of benzene rings is 1. The summed E-state index contributed by atoms with van der Waals surface area (Å²) in [5, 5.41) is 2.35. The smallest absolute Gasteiger partial charge is 0.416 e. The molecule has 150 valence electrons. The first-order valence-corrected chi connectivity index (χ1v) is 7.90. The number of furan rings is 1. The molecule has 0 aliphatic carbocycles. The summed E-state index contributed by atoms with van der Waals surface area (Å²) in [6.07, 6.45) is -3.24. The molecular formula is C17H16F3N3O5. The zero-order valence-corrected chi connectivity index (χ0v) is 14.5. The molecule has 0 spiro atoms. The molecule has 3 amide bonds. The van der Waals surface area contributed by atoms with Crippen LogP contribution in [-0.2, 0) is 15.8 Å². The molecule has 1 atom stereocenters. The van der Waals surface area contributed by atoms with Gasteiger partial charge in [0.15, 0.2) is 12.4 Å². The monoisotopic (exact) mass is 399 g/mol. The molecule has 0 bridgehead atoms. The molecule has 0 fully saturated rings. The normalized spacial score (nSPS) is 12.0. The fraction of sp³-hybridized carbons (Fsp3) is 0.235. The van der Waals surface area contributed by atoms with Gasteiger partial charge in [0.2, 0.25) is 0 Å². The summed E-state index contributed by atoms with van der Waals surface area (Å²) in [5.41, 5.74) is 3.17. The number of hydrogen-bond acceptors (Lipinski definition) is 5. The predicted molar refractivity (Wildman–Crippen MR) is 88.9 cm³/mol. The number of carbonyl (C=O) groups excluding carboxylic acids is 3. The zero-order chi connectivity index (χ0) is 20.7. The van der Waals surface area contributed by atoms with Gasteiger partial charge in [0.25, 0.3) is 17.7 Å². The van der Waals surface area contributed by atoms with E-state index in [-0.39, 0.29) is 11.5 Å². The molecule has 11 heteroatoms. The first-order valence-electron chi connectivity index (χ1n) is 7.90. The molecule has 0 aliphatic heterocycles. The molecule has 1 aromatic heterocycles. The standard InChI is InChI=1S/C17H16F3N3O5/c1-10(21-16(26)13-6-3-7-27-13)15(25)23-22-14(24)9-28-12-5-2-4-11(8-12)17(18,19)20/h2-8,10H,9H2,1H3,(H,21,26)(H,22,24)(H,23,25)/t10-/m0/s1. The van der Waals surface area contributed by atoms with Crippen molar-refractivity contribution in [2.75, 3.05) is 6.61 Å². The van der Waals surface area contributed by atoms with E-state index in [0.717, 1.165) is 18.2 Å². The topological polar surface area (TPSA) is 110 Å². The number of hydrazine groups is 1. The van der Waals surface area contributed by atoms with Crippen LogP contribution in [-0.4, -0.2) is 30.4 Å². The fourth-order valence-corrected chi connectivity index (χ4v) is 1.93. The maximum atomic E-state index is 12.6. The number of halogens is 3. The van der Waals surface area contributed by atoms with Crippen LogP contribution in [0.15, 0.2) is 47.1 Å². The van der Waals surface area contributed by atoms with Gasteiger partial charge in [0.1, 0.15) is 11.8 Å². The van der Waals surface area contributed by atoms with Crippen LogP contribution in [0.4, 0.5) is 13.2 Å². The van der Waals surface area contributed by atoms with Crippen molar-refractivity contribution < 1.29 is 36.7 Å². The summed E-state index contributed by atoms with van der Waals surface area (Å²) < 4.78 is 47.7. The van der Waals surface area contributed by atoms with Crippen molar-refractivity contribution in [3.8, 4) is 5.75 Å². The Bertz CT molecular complexity index is 837. The summed E-state index contributed by atoms with van der Waals surface area (Å²) in [6.45, 7) is 0.746. The molecular weight excluding hydrogens is 383 g/mol. The van der Waals surface area contributed by atoms with E-state index in [1.54, 1.807) is 0 Å². The van der Waals surface area contributed by atoms with E-state index in [4.69, 9.17) is 9.15 Å². The van der Waals surface area contributed by atoms with Crippen molar-refractivity contribution >= 4 is 17.7 Å². The summed E-state index contributed by atoms with van der Waals surface area (Å²) in [4.78, 5) is 35.2. The van der Waals surface area contributed by atoms with Gasteiger partial charge >= 0.3 is 6.18 Å². The highest BCUT2D eigenvalue weighted by Gasteiger charge is 2.30. The third kappa shape index (κ3) is 6.04. The van der Waals surface area contributed by atoms with Gasteiger partial charge in [0.05, 0.1) is 11.8 Å². The highest BCUT2D eigenvalue weighted by Crippen LogP contribution is 2.31. The Hall–Kier alpha value is -3.50. The molecule has 0 saturated carbocycles. The number of rotatable bonds is 6. The quantitative estimate of drug-likeness (QED) is 0.640. The summed E-state index contributed by atoms with van der Waals surface area (Å²) in [6, 6.07) is 5.93. The van der Waals surface area contributed by atoms with Crippen molar-refractivity contribution in [3.63, 3.8) is 0 Å². The van der Waals surface area contributed by atoms with Crippen LogP contribution in [0.5, 0.6) is 5.75 Å². The Morgan fingerprint density at radius 1 is 1.14 bits per heavy atom. The second-order valence-corrected chi connectivity index (χ2v) is 5.52. The first kappa shape index (κ1) is 20.8. The molecule has 3 N–H and O–H groups in total. The van der Waals surface area contributed by atoms with E-state index < -0.39 is 42.1 Å². The van der Waals surface area contributed by atoms with Crippen LogP contribution in [0, 0.1) is 0 Å².